The van der Waals surface area contributed by atoms with Crippen LogP contribution in [0.5, 0.6) is 0 Å². The minimum atomic E-state index is 0.0389. The molecule has 0 fully saturated rings. The lowest BCUT2D eigenvalue weighted by Crippen LogP contribution is -2.19. The van der Waals surface area contributed by atoms with Crippen LogP contribution in [0.15, 0.2) is 12.3 Å². The normalized spacial score (nSPS) is 11.0. The Morgan fingerprint density at radius 1 is 1.29 bits per heavy atom. The van der Waals surface area contributed by atoms with Gasteiger partial charge in [-0.25, -0.2) is 4.98 Å². The zero-order chi connectivity index (χ0) is 15.6. The number of nitriles is 2. The number of pyridine rings is 2. The van der Waals surface area contributed by atoms with Gasteiger partial charge in [0.25, 0.3) is 0 Å². The summed E-state index contributed by atoms with van der Waals surface area (Å²) >= 11 is 5.96. The van der Waals surface area contributed by atoms with Crippen LogP contribution in [0.3, 0.4) is 0 Å². The van der Waals surface area contributed by atoms with Crippen molar-refractivity contribution in [3.8, 4) is 12.1 Å². The second-order valence-electron chi connectivity index (χ2n) is 5.87. The zero-order valence-corrected chi connectivity index (χ0v) is 12.8. The summed E-state index contributed by atoms with van der Waals surface area (Å²) in [5, 5.41) is 22.5. The van der Waals surface area contributed by atoms with Crippen molar-refractivity contribution in [1.29, 1.82) is 10.5 Å². The predicted molar refractivity (Wildman–Crippen MR) is 81.9 cm³/mol. The number of rotatable bonds is 2. The molecule has 21 heavy (non-hydrogen) atoms. The molecule has 0 radical (unpaired) electrons. The summed E-state index contributed by atoms with van der Waals surface area (Å²) in [4.78, 5) is 8.12. The molecule has 2 aromatic heterocycles. The summed E-state index contributed by atoms with van der Waals surface area (Å²) < 4.78 is 0. The van der Waals surface area contributed by atoms with Gasteiger partial charge in [-0.3, -0.25) is 4.98 Å². The number of halogens is 1. The molecule has 2 heterocycles. The Morgan fingerprint density at radius 2 is 2.00 bits per heavy atom. The standard InChI is InChI=1S/C15H14ClN5/c1-15(2,3)8-20-13-9(5-17)7-19-14-10(13)4-12(16)21-11(14)6-18/h4,7H,8H2,1-3H3,(H,19,20). The minimum absolute atomic E-state index is 0.0389. The van der Waals surface area contributed by atoms with E-state index in [2.05, 4.69) is 42.1 Å². The Labute approximate surface area is 128 Å². The van der Waals surface area contributed by atoms with E-state index in [1.165, 1.54) is 6.20 Å². The van der Waals surface area contributed by atoms with Crippen LogP contribution in [-0.2, 0) is 0 Å². The average molecular weight is 300 g/mol. The van der Waals surface area contributed by atoms with E-state index in [-0.39, 0.29) is 16.3 Å². The molecule has 106 valence electrons. The molecule has 6 heteroatoms. The molecule has 2 aromatic rings. The van der Waals surface area contributed by atoms with Crippen molar-refractivity contribution in [2.45, 2.75) is 20.8 Å². The maximum Gasteiger partial charge on any atom is 0.168 e. The van der Waals surface area contributed by atoms with E-state index in [0.717, 1.165) is 0 Å². The van der Waals surface area contributed by atoms with Crippen LogP contribution < -0.4 is 5.32 Å². The molecule has 0 unspecified atom stereocenters. The van der Waals surface area contributed by atoms with E-state index in [9.17, 15) is 5.26 Å². The quantitative estimate of drug-likeness (QED) is 0.858. The van der Waals surface area contributed by atoms with E-state index in [1.807, 2.05) is 6.07 Å². The number of anilines is 1. The van der Waals surface area contributed by atoms with Gasteiger partial charge in [-0.1, -0.05) is 32.4 Å². The van der Waals surface area contributed by atoms with Crippen LogP contribution in [-0.4, -0.2) is 16.5 Å². The van der Waals surface area contributed by atoms with Gasteiger partial charge in [-0.15, -0.1) is 0 Å². The zero-order valence-electron chi connectivity index (χ0n) is 12.0. The first-order valence-corrected chi connectivity index (χ1v) is 6.77. The Balaban J connectivity index is 2.68. The molecule has 1 N–H and O–H groups in total. The molecule has 0 aromatic carbocycles. The number of hydrogen-bond donors (Lipinski definition) is 1. The van der Waals surface area contributed by atoms with Crippen LogP contribution in [0.4, 0.5) is 5.69 Å². The number of fused-ring (bicyclic) bond motifs is 1. The van der Waals surface area contributed by atoms with Gasteiger partial charge in [-0.2, -0.15) is 10.5 Å². The number of nitrogens with zero attached hydrogens (tertiary/aromatic N) is 4. The summed E-state index contributed by atoms with van der Waals surface area (Å²) in [6.07, 6.45) is 1.45. The molecule has 0 aliphatic carbocycles. The predicted octanol–water partition coefficient (Wildman–Crippen LogP) is 3.48. The van der Waals surface area contributed by atoms with Crippen molar-refractivity contribution in [1.82, 2.24) is 9.97 Å². The van der Waals surface area contributed by atoms with E-state index in [4.69, 9.17) is 16.9 Å². The molecule has 0 saturated heterocycles. The highest BCUT2D eigenvalue weighted by Gasteiger charge is 2.16. The molecule has 2 rings (SSSR count). The van der Waals surface area contributed by atoms with E-state index in [1.54, 1.807) is 6.07 Å². The van der Waals surface area contributed by atoms with E-state index >= 15 is 0 Å². The number of aromatic nitrogens is 2. The third-order valence-electron chi connectivity index (χ3n) is 2.84. The first-order chi connectivity index (χ1) is 9.85. The molecule has 0 bridgehead atoms. The Hall–Kier alpha value is -2.37. The smallest absolute Gasteiger partial charge is 0.168 e. The van der Waals surface area contributed by atoms with Crippen LogP contribution in [0.25, 0.3) is 10.9 Å². The molecule has 0 aliphatic heterocycles. The lowest BCUT2D eigenvalue weighted by molar-refractivity contribution is 0.443. The fraction of sp³-hybridized carbons (Fsp3) is 0.333. The van der Waals surface area contributed by atoms with Gasteiger partial charge in [0.1, 0.15) is 22.8 Å². The first-order valence-electron chi connectivity index (χ1n) is 6.39. The summed E-state index contributed by atoms with van der Waals surface area (Å²) in [6.45, 7) is 6.93. The lowest BCUT2D eigenvalue weighted by Gasteiger charge is -2.21. The molecule has 0 amide bonds. The Morgan fingerprint density at radius 3 is 2.57 bits per heavy atom. The van der Waals surface area contributed by atoms with Gasteiger partial charge in [0.2, 0.25) is 0 Å². The van der Waals surface area contributed by atoms with Gasteiger partial charge < -0.3 is 5.32 Å². The fourth-order valence-electron chi connectivity index (χ4n) is 1.87. The number of nitrogens with one attached hydrogen (secondary N) is 1. The monoisotopic (exact) mass is 299 g/mol. The third kappa shape index (κ3) is 3.21. The number of hydrogen-bond acceptors (Lipinski definition) is 5. The van der Waals surface area contributed by atoms with Crippen molar-refractivity contribution in [3.05, 3.63) is 28.7 Å². The van der Waals surface area contributed by atoms with Gasteiger partial charge in [-0.05, 0) is 11.5 Å². The maximum absolute atomic E-state index is 9.26. The molecule has 0 aliphatic rings. The van der Waals surface area contributed by atoms with Crippen LogP contribution >= 0.6 is 11.6 Å². The van der Waals surface area contributed by atoms with Crippen molar-refractivity contribution in [3.63, 3.8) is 0 Å². The lowest BCUT2D eigenvalue weighted by atomic mass is 9.96. The second-order valence-corrected chi connectivity index (χ2v) is 6.26. The third-order valence-corrected chi connectivity index (χ3v) is 3.04. The molecular formula is C15H14ClN5. The summed E-state index contributed by atoms with van der Waals surface area (Å²) in [5.74, 6) is 0. The van der Waals surface area contributed by atoms with Gasteiger partial charge in [0.15, 0.2) is 5.69 Å². The van der Waals surface area contributed by atoms with Crippen LogP contribution in [0.1, 0.15) is 32.0 Å². The Bertz CT molecular complexity index is 778. The van der Waals surface area contributed by atoms with E-state index < -0.39 is 0 Å². The van der Waals surface area contributed by atoms with Crippen LogP contribution in [0, 0.1) is 28.1 Å². The SMILES string of the molecule is CC(C)(C)CNc1c(C#N)cnc2c(C#N)nc(Cl)cc12. The first kappa shape index (κ1) is 15.0. The van der Waals surface area contributed by atoms with Gasteiger partial charge in [0.05, 0.1) is 11.3 Å². The van der Waals surface area contributed by atoms with Crippen molar-refractivity contribution >= 4 is 28.2 Å². The van der Waals surface area contributed by atoms with Crippen molar-refractivity contribution < 1.29 is 0 Å². The summed E-state index contributed by atoms with van der Waals surface area (Å²) in [7, 11) is 0. The highest BCUT2D eigenvalue weighted by molar-refractivity contribution is 6.30. The second kappa shape index (κ2) is 5.55. The van der Waals surface area contributed by atoms with E-state index in [0.29, 0.717) is 28.7 Å². The molecule has 0 spiro atoms. The van der Waals surface area contributed by atoms with Crippen molar-refractivity contribution in [2.75, 3.05) is 11.9 Å². The molecule has 0 saturated carbocycles. The maximum atomic E-state index is 9.26. The van der Waals surface area contributed by atoms with Gasteiger partial charge >= 0.3 is 0 Å². The van der Waals surface area contributed by atoms with Gasteiger partial charge in [0, 0.05) is 18.1 Å². The van der Waals surface area contributed by atoms with Crippen LogP contribution in [0.2, 0.25) is 5.15 Å². The topological polar surface area (TPSA) is 85.4 Å². The molecule has 0 atom stereocenters. The van der Waals surface area contributed by atoms with Crippen molar-refractivity contribution in [2.24, 2.45) is 5.41 Å². The largest absolute Gasteiger partial charge is 0.383 e. The fourth-order valence-corrected chi connectivity index (χ4v) is 2.07. The Kier molecular flexibility index (Phi) is 3.97. The minimum Gasteiger partial charge on any atom is -0.383 e. The summed E-state index contributed by atoms with van der Waals surface area (Å²) in [6, 6.07) is 5.71. The highest BCUT2D eigenvalue weighted by atomic mass is 35.5. The highest BCUT2D eigenvalue weighted by Crippen LogP contribution is 2.30. The average Bonchev–Trinajstić information content (AvgIpc) is 2.42. The molecular weight excluding hydrogens is 286 g/mol. The summed E-state index contributed by atoms with van der Waals surface area (Å²) in [5.41, 5.74) is 1.69. The molecule has 5 nitrogen and oxygen atoms in total.